The standard InChI is InChI=1S/C16H17N3O3S/c1-2-17-16(21)18-15(20)14(12-8-4-3-5-9-12)23-13-10-6-7-11-19(13)22/h3-11,14H,2H2,1H3,(H2,17,18,20,21)/t14-/m1/s1. The third-order valence-corrected chi connectivity index (χ3v) is 4.22. The minimum Gasteiger partial charge on any atom is -0.618 e. The summed E-state index contributed by atoms with van der Waals surface area (Å²) in [5, 5.41) is 16.3. The van der Waals surface area contributed by atoms with Gasteiger partial charge in [0.2, 0.25) is 5.91 Å². The first-order chi connectivity index (χ1) is 11.1. The zero-order chi connectivity index (χ0) is 16.7. The molecule has 0 saturated heterocycles. The molecule has 1 heterocycles. The number of nitrogens with one attached hydrogen (secondary N) is 2. The van der Waals surface area contributed by atoms with Gasteiger partial charge in [0.05, 0.1) is 0 Å². The summed E-state index contributed by atoms with van der Waals surface area (Å²) in [5.41, 5.74) is 0.711. The van der Waals surface area contributed by atoms with Gasteiger partial charge in [-0.2, -0.15) is 4.73 Å². The zero-order valence-corrected chi connectivity index (χ0v) is 13.4. The second-order valence-electron chi connectivity index (χ2n) is 4.62. The van der Waals surface area contributed by atoms with E-state index in [4.69, 9.17) is 0 Å². The van der Waals surface area contributed by atoms with Gasteiger partial charge in [-0.3, -0.25) is 10.1 Å². The molecule has 3 amide bonds. The minimum absolute atomic E-state index is 0.382. The predicted molar refractivity (Wildman–Crippen MR) is 87.7 cm³/mol. The molecule has 0 saturated carbocycles. The van der Waals surface area contributed by atoms with Gasteiger partial charge in [0.15, 0.2) is 6.20 Å². The molecule has 0 bridgehead atoms. The van der Waals surface area contributed by atoms with Gasteiger partial charge in [0, 0.05) is 18.7 Å². The number of amides is 3. The second-order valence-corrected chi connectivity index (χ2v) is 5.75. The van der Waals surface area contributed by atoms with Crippen LogP contribution in [0.3, 0.4) is 0 Å². The number of carbonyl (C=O) groups is 2. The van der Waals surface area contributed by atoms with Gasteiger partial charge >= 0.3 is 6.03 Å². The topological polar surface area (TPSA) is 85.1 Å². The largest absolute Gasteiger partial charge is 0.618 e. The van der Waals surface area contributed by atoms with Crippen LogP contribution in [-0.4, -0.2) is 18.5 Å². The van der Waals surface area contributed by atoms with Crippen LogP contribution in [0.15, 0.2) is 59.8 Å². The van der Waals surface area contributed by atoms with Gasteiger partial charge in [-0.25, -0.2) is 4.79 Å². The van der Waals surface area contributed by atoms with Gasteiger partial charge < -0.3 is 10.5 Å². The molecule has 120 valence electrons. The first-order valence-corrected chi connectivity index (χ1v) is 7.98. The second kappa shape index (κ2) is 8.19. The Morgan fingerprint density at radius 3 is 2.52 bits per heavy atom. The fourth-order valence-electron chi connectivity index (χ4n) is 1.91. The number of imide groups is 1. The first kappa shape index (κ1) is 16.8. The average molecular weight is 331 g/mol. The molecule has 2 aromatic rings. The molecule has 1 atom stereocenters. The Morgan fingerprint density at radius 1 is 1.17 bits per heavy atom. The van der Waals surface area contributed by atoms with E-state index >= 15 is 0 Å². The van der Waals surface area contributed by atoms with Crippen molar-refractivity contribution in [1.29, 1.82) is 0 Å². The highest BCUT2D eigenvalue weighted by Crippen LogP contribution is 2.33. The number of hydrogen-bond acceptors (Lipinski definition) is 4. The molecule has 2 N–H and O–H groups in total. The minimum atomic E-state index is -0.707. The monoisotopic (exact) mass is 331 g/mol. The lowest BCUT2D eigenvalue weighted by atomic mass is 10.1. The molecule has 2 rings (SSSR count). The summed E-state index contributed by atoms with van der Waals surface area (Å²) >= 11 is 1.10. The van der Waals surface area contributed by atoms with Gasteiger partial charge in [-0.15, -0.1) is 0 Å². The highest BCUT2D eigenvalue weighted by molar-refractivity contribution is 8.00. The zero-order valence-electron chi connectivity index (χ0n) is 12.6. The first-order valence-electron chi connectivity index (χ1n) is 7.10. The molecule has 0 unspecified atom stereocenters. The summed E-state index contributed by atoms with van der Waals surface area (Å²) in [5.74, 6) is -0.476. The van der Waals surface area contributed by atoms with Crippen molar-refractivity contribution in [2.24, 2.45) is 0 Å². The number of urea groups is 1. The molecule has 0 aliphatic heterocycles. The molecule has 0 radical (unpaired) electrons. The molecule has 0 spiro atoms. The molecular weight excluding hydrogens is 314 g/mol. The van der Waals surface area contributed by atoms with Crippen molar-refractivity contribution >= 4 is 23.7 Å². The molecule has 0 fully saturated rings. The Bertz CT molecular complexity index is 679. The van der Waals surface area contributed by atoms with Crippen molar-refractivity contribution in [1.82, 2.24) is 10.6 Å². The van der Waals surface area contributed by atoms with Crippen LogP contribution in [0.4, 0.5) is 4.79 Å². The van der Waals surface area contributed by atoms with E-state index in [1.165, 1.54) is 6.20 Å². The maximum atomic E-state index is 12.4. The summed E-state index contributed by atoms with van der Waals surface area (Å²) in [7, 11) is 0. The molecule has 7 heteroatoms. The number of carbonyl (C=O) groups excluding carboxylic acids is 2. The summed E-state index contributed by atoms with van der Waals surface area (Å²) in [4.78, 5) is 24.0. The van der Waals surface area contributed by atoms with E-state index in [2.05, 4.69) is 10.6 Å². The third kappa shape index (κ3) is 4.72. The van der Waals surface area contributed by atoms with Crippen LogP contribution in [0.5, 0.6) is 0 Å². The maximum absolute atomic E-state index is 12.4. The van der Waals surface area contributed by atoms with Gasteiger partial charge in [-0.1, -0.05) is 30.3 Å². The highest BCUT2D eigenvalue weighted by atomic mass is 32.2. The molecule has 0 aliphatic rings. The Labute approximate surface area is 138 Å². The van der Waals surface area contributed by atoms with Crippen molar-refractivity contribution in [3.05, 3.63) is 65.5 Å². The average Bonchev–Trinajstić information content (AvgIpc) is 2.55. The number of aromatic nitrogens is 1. The molecule has 1 aromatic heterocycles. The Morgan fingerprint density at radius 2 is 1.87 bits per heavy atom. The lowest BCUT2D eigenvalue weighted by molar-refractivity contribution is -0.645. The van der Waals surface area contributed by atoms with Crippen LogP contribution in [0, 0.1) is 5.21 Å². The fraction of sp³-hybridized carbons (Fsp3) is 0.188. The van der Waals surface area contributed by atoms with Crippen LogP contribution in [0.2, 0.25) is 0 Å². The van der Waals surface area contributed by atoms with Crippen LogP contribution in [0.25, 0.3) is 0 Å². The molecule has 6 nitrogen and oxygen atoms in total. The number of rotatable bonds is 5. The van der Waals surface area contributed by atoms with E-state index < -0.39 is 17.2 Å². The van der Waals surface area contributed by atoms with E-state index in [0.29, 0.717) is 21.9 Å². The van der Waals surface area contributed by atoms with E-state index in [9.17, 15) is 14.8 Å². The van der Waals surface area contributed by atoms with Crippen molar-refractivity contribution < 1.29 is 14.3 Å². The Kier molecular flexibility index (Phi) is 5.99. The smallest absolute Gasteiger partial charge is 0.321 e. The lowest BCUT2D eigenvalue weighted by Gasteiger charge is -2.15. The van der Waals surface area contributed by atoms with Crippen LogP contribution in [-0.2, 0) is 4.79 Å². The number of pyridine rings is 1. The molecule has 0 aliphatic carbocycles. The fourth-order valence-corrected chi connectivity index (χ4v) is 2.93. The van der Waals surface area contributed by atoms with E-state index in [0.717, 1.165) is 11.8 Å². The molecule has 1 aromatic carbocycles. The quantitative estimate of drug-likeness (QED) is 0.498. The van der Waals surface area contributed by atoms with Gasteiger partial charge in [0.25, 0.3) is 5.03 Å². The Balaban J connectivity index is 2.24. The molecular formula is C16H17N3O3S. The normalized spacial score (nSPS) is 11.5. The summed E-state index contributed by atoms with van der Waals surface area (Å²) in [6, 6.07) is 13.4. The van der Waals surface area contributed by atoms with E-state index in [1.807, 2.05) is 6.07 Å². The Hall–Kier alpha value is -2.54. The van der Waals surface area contributed by atoms with Crippen molar-refractivity contribution in [2.45, 2.75) is 17.2 Å². The third-order valence-electron chi connectivity index (χ3n) is 2.94. The number of benzene rings is 1. The van der Waals surface area contributed by atoms with Crippen molar-refractivity contribution in [2.75, 3.05) is 6.54 Å². The lowest BCUT2D eigenvalue weighted by Crippen LogP contribution is -2.41. The number of thioether (sulfide) groups is 1. The molecule has 23 heavy (non-hydrogen) atoms. The SMILES string of the molecule is CCNC(=O)NC(=O)[C@H](Sc1cccc[n+]1[O-])c1ccccc1. The highest BCUT2D eigenvalue weighted by Gasteiger charge is 2.26. The van der Waals surface area contributed by atoms with E-state index in [1.54, 1.807) is 49.4 Å². The van der Waals surface area contributed by atoms with Crippen LogP contribution in [0.1, 0.15) is 17.7 Å². The van der Waals surface area contributed by atoms with Gasteiger partial charge in [-0.05, 0) is 30.3 Å². The summed E-state index contributed by atoms with van der Waals surface area (Å²) in [6.07, 6.45) is 1.37. The summed E-state index contributed by atoms with van der Waals surface area (Å²) < 4.78 is 0.694. The van der Waals surface area contributed by atoms with Crippen LogP contribution < -0.4 is 15.4 Å². The predicted octanol–water partition coefficient (Wildman–Crippen LogP) is 2.00. The van der Waals surface area contributed by atoms with Gasteiger partial charge in [0.1, 0.15) is 5.25 Å². The van der Waals surface area contributed by atoms with Crippen molar-refractivity contribution in [3.8, 4) is 0 Å². The van der Waals surface area contributed by atoms with Crippen LogP contribution >= 0.6 is 11.8 Å². The van der Waals surface area contributed by atoms with Crippen molar-refractivity contribution in [3.63, 3.8) is 0 Å². The number of hydrogen-bond donors (Lipinski definition) is 2. The van der Waals surface area contributed by atoms with E-state index in [-0.39, 0.29) is 0 Å². The maximum Gasteiger partial charge on any atom is 0.321 e. The summed E-state index contributed by atoms with van der Waals surface area (Å²) in [6.45, 7) is 2.18. The number of nitrogens with zero attached hydrogens (tertiary/aromatic N) is 1.